The van der Waals surface area contributed by atoms with E-state index in [1.165, 1.54) is 4.68 Å². The maximum atomic E-state index is 12.4. The minimum absolute atomic E-state index is 0.117. The van der Waals surface area contributed by atoms with E-state index in [1.807, 2.05) is 0 Å². The molecule has 0 bridgehead atoms. The van der Waals surface area contributed by atoms with Gasteiger partial charge in [-0.15, -0.1) is 0 Å². The van der Waals surface area contributed by atoms with Crippen molar-refractivity contribution >= 4 is 5.82 Å². The van der Waals surface area contributed by atoms with Crippen LogP contribution in [-0.4, -0.2) is 15.7 Å². The summed E-state index contributed by atoms with van der Waals surface area (Å²) in [4.78, 5) is 0. The zero-order chi connectivity index (χ0) is 8.77. The number of aromatic nitrogens is 2. The van der Waals surface area contributed by atoms with Crippen LogP contribution in [0.4, 0.5) is 14.6 Å². The molecule has 0 atom stereocenters. The Kier molecular flexibility index (Phi) is 1.37. The van der Waals surface area contributed by atoms with Crippen molar-refractivity contribution in [2.75, 3.05) is 5.73 Å². The van der Waals surface area contributed by atoms with Crippen molar-refractivity contribution < 1.29 is 8.78 Å². The summed E-state index contributed by atoms with van der Waals surface area (Å²) in [5, 5.41) is 3.86. The molecular formula is C7H9F2N3. The van der Waals surface area contributed by atoms with Gasteiger partial charge in [-0.3, -0.25) is 4.68 Å². The molecule has 2 rings (SSSR count). The molecule has 3 nitrogen and oxygen atoms in total. The average Bonchev–Trinajstić information content (AvgIpc) is 2.30. The minimum atomic E-state index is -2.49. The molecule has 5 heteroatoms. The van der Waals surface area contributed by atoms with E-state index in [2.05, 4.69) is 5.10 Å². The van der Waals surface area contributed by atoms with E-state index < -0.39 is 5.92 Å². The summed E-state index contributed by atoms with van der Waals surface area (Å²) in [6, 6.07) is 1.44. The maximum Gasteiger partial charge on any atom is 0.252 e. The molecule has 1 aromatic rings. The number of anilines is 1. The third-order valence-corrected chi connectivity index (χ3v) is 2.07. The molecule has 66 valence electrons. The molecule has 0 saturated heterocycles. The molecule has 0 spiro atoms. The van der Waals surface area contributed by atoms with Crippen molar-refractivity contribution in [2.45, 2.75) is 24.8 Å². The lowest BCUT2D eigenvalue weighted by molar-refractivity contribution is -0.106. The van der Waals surface area contributed by atoms with Crippen molar-refractivity contribution in [3.8, 4) is 0 Å². The molecule has 0 unspecified atom stereocenters. The molecule has 0 amide bonds. The molecule has 2 N–H and O–H groups in total. The average molecular weight is 173 g/mol. The van der Waals surface area contributed by atoms with Gasteiger partial charge in [-0.05, 0) is 6.07 Å². The van der Waals surface area contributed by atoms with Gasteiger partial charge in [-0.1, -0.05) is 0 Å². The standard InChI is InChI=1S/C7H9F2N3/c8-7(9)3-5(4-7)12-2-1-6(10)11-12/h1-2,5H,3-4H2,(H2,10,11). The predicted molar refractivity (Wildman–Crippen MR) is 39.9 cm³/mol. The lowest BCUT2D eigenvalue weighted by atomic mass is 9.88. The second-order valence-electron chi connectivity index (χ2n) is 3.14. The zero-order valence-corrected chi connectivity index (χ0v) is 6.37. The summed E-state index contributed by atoms with van der Waals surface area (Å²) in [5.41, 5.74) is 5.34. The maximum absolute atomic E-state index is 12.4. The first-order chi connectivity index (χ1) is 5.57. The van der Waals surface area contributed by atoms with Gasteiger partial charge in [-0.2, -0.15) is 5.10 Å². The smallest absolute Gasteiger partial charge is 0.252 e. The summed E-state index contributed by atoms with van der Waals surface area (Å²) in [6.07, 6.45) is 1.40. The van der Waals surface area contributed by atoms with Gasteiger partial charge in [0, 0.05) is 19.0 Å². The number of nitrogens with two attached hydrogens (primary N) is 1. The normalized spacial score (nSPS) is 22.2. The first-order valence-corrected chi connectivity index (χ1v) is 3.75. The highest BCUT2D eigenvalue weighted by Crippen LogP contribution is 2.45. The van der Waals surface area contributed by atoms with Crippen LogP contribution in [0.1, 0.15) is 18.9 Å². The highest BCUT2D eigenvalue weighted by Gasteiger charge is 2.46. The quantitative estimate of drug-likeness (QED) is 0.698. The van der Waals surface area contributed by atoms with Gasteiger partial charge in [0.2, 0.25) is 0 Å². The van der Waals surface area contributed by atoms with Crippen molar-refractivity contribution in [3.05, 3.63) is 12.3 Å². The molecule has 1 fully saturated rings. The van der Waals surface area contributed by atoms with Crippen LogP contribution in [-0.2, 0) is 0 Å². The summed E-state index contributed by atoms with van der Waals surface area (Å²) >= 11 is 0. The van der Waals surface area contributed by atoms with Crippen LogP contribution in [0.2, 0.25) is 0 Å². The highest BCUT2D eigenvalue weighted by atomic mass is 19.3. The minimum Gasteiger partial charge on any atom is -0.382 e. The number of alkyl halides is 2. The Balaban J connectivity index is 2.06. The first-order valence-electron chi connectivity index (χ1n) is 3.75. The van der Waals surface area contributed by atoms with E-state index >= 15 is 0 Å². The van der Waals surface area contributed by atoms with Gasteiger partial charge >= 0.3 is 0 Å². The zero-order valence-electron chi connectivity index (χ0n) is 6.37. The number of nitrogen functional groups attached to an aromatic ring is 1. The molecule has 12 heavy (non-hydrogen) atoms. The topological polar surface area (TPSA) is 43.8 Å². The number of hydrogen-bond donors (Lipinski definition) is 1. The summed E-state index contributed by atoms with van der Waals surface area (Å²) in [7, 11) is 0. The van der Waals surface area contributed by atoms with Crippen LogP contribution < -0.4 is 5.73 Å². The summed E-state index contributed by atoms with van der Waals surface area (Å²) in [5.74, 6) is -2.11. The molecule has 1 aliphatic carbocycles. The van der Waals surface area contributed by atoms with Gasteiger partial charge in [0.15, 0.2) is 0 Å². The Morgan fingerprint density at radius 3 is 2.67 bits per heavy atom. The molecule has 1 saturated carbocycles. The SMILES string of the molecule is Nc1ccn(C2CC(F)(F)C2)n1. The van der Waals surface area contributed by atoms with Crippen molar-refractivity contribution in [1.29, 1.82) is 0 Å². The Labute approximate surface area is 68.2 Å². The van der Waals surface area contributed by atoms with Gasteiger partial charge in [-0.25, -0.2) is 8.78 Å². The number of halogens is 2. The predicted octanol–water partition coefficient (Wildman–Crippen LogP) is 1.44. The molecular weight excluding hydrogens is 164 g/mol. The third kappa shape index (κ3) is 1.15. The van der Waals surface area contributed by atoms with E-state index in [0.29, 0.717) is 5.82 Å². The van der Waals surface area contributed by atoms with Gasteiger partial charge in [0.05, 0.1) is 6.04 Å². The van der Waals surface area contributed by atoms with Crippen molar-refractivity contribution in [1.82, 2.24) is 9.78 Å². The van der Waals surface area contributed by atoms with E-state index in [0.717, 1.165) is 0 Å². The molecule has 1 heterocycles. The lowest BCUT2D eigenvalue weighted by Gasteiger charge is -2.34. The van der Waals surface area contributed by atoms with Crippen LogP contribution in [0.25, 0.3) is 0 Å². The van der Waals surface area contributed by atoms with Crippen LogP contribution in [0.15, 0.2) is 12.3 Å². The second-order valence-corrected chi connectivity index (χ2v) is 3.14. The van der Waals surface area contributed by atoms with Gasteiger partial charge in [0.25, 0.3) is 5.92 Å². The number of rotatable bonds is 1. The van der Waals surface area contributed by atoms with Crippen molar-refractivity contribution in [2.24, 2.45) is 0 Å². The third-order valence-electron chi connectivity index (χ3n) is 2.07. The fourth-order valence-electron chi connectivity index (χ4n) is 1.37. The highest BCUT2D eigenvalue weighted by molar-refractivity contribution is 5.24. The van der Waals surface area contributed by atoms with Crippen LogP contribution >= 0.6 is 0 Å². The molecule has 1 aliphatic rings. The number of hydrogen-bond acceptors (Lipinski definition) is 2. The summed E-state index contributed by atoms with van der Waals surface area (Å²) < 4.78 is 26.3. The monoisotopic (exact) mass is 173 g/mol. The molecule has 0 radical (unpaired) electrons. The molecule has 0 aromatic carbocycles. The van der Waals surface area contributed by atoms with Gasteiger partial charge in [0.1, 0.15) is 5.82 Å². The number of nitrogens with zero attached hydrogens (tertiary/aromatic N) is 2. The van der Waals surface area contributed by atoms with Crippen LogP contribution in [0.5, 0.6) is 0 Å². The van der Waals surface area contributed by atoms with Gasteiger partial charge < -0.3 is 5.73 Å². The second kappa shape index (κ2) is 2.18. The fraction of sp³-hybridized carbons (Fsp3) is 0.571. The van der Waals surface area contributed by atoms with E-state index in [4.69, 9.17) is 5.73 Å². The Morgan fingerprint density at radius 2 is 2.25 bits per heavy atom. The Bertz CT molecular complexity index is 287. The Morgan fingerprint density at radius 1 is 1.58 bits per heavy atom. The van der Waals surface area contributed by atoms with Crippen LogP contribution in [0.3, 0.4) is 0 Å². The van der Waals surface area contributed by atoms with E-state index in [9.17, 15) is 8.78 Å². The molecule has 0 aliphatic heterocycles. The fourth-order valence-corrected chi connectivity index (χ4v) is 1.37. The summed E-state index contributed by atoms with van der Waals surface area (Å²) in [6.45, 7) is 0. The largest absolute Gasteiger partial charge is 0.382 e. The van der Waals surface area contributed by atoms with Crippen molar-refractivity contribution in [3.63, 3.8) is 0 Å². The molecule has 1 aromatic heterocycles. The van der Waals surface area contributed by atoms with Crippen LogP contribution in [0, 0.1) is 0 Å². The van der Waals surface area contributed by atoms with E-state index in [1.54, 1.807) is 12.3 Å². The van der Waals surface area contributed by atoms with E-state index in [-0.39, 0.29) is 18.9 Å². The Hall–Kier alpha value is -1.13. The lowest BCUT2D eigenvalue weighted by Crippen LogP contribution is -2.37. The first kappa shape index (κ1) is 7.52.